The fourth-order valence-corrected chi connectivity index (χ4v) is 11.2. The zero-order valence-electron chi connectivity index (χ0n) is 31.9. The molecule has 4 aromatic carbocycles. The molecular weight excluding hydrogens is 778 g/mol. The fraction of sp³-hybridized carbons (Fsp3) is 0.381. The number of hydrogen-bond acceptors (Lipinski definition) is 9. The third kappa shape index (κ3) is 12.3. The predicted molar refractivity (Wildman–Crippen MR) is 223 cm³/mol. The van der Waals surface area contributed by atoms with E-state index in [1.807, 2.05) is 18.2 Å². The number of amides is 1. The molecule has 300 valence electrons. The van der Waals surface area contributed by atoms with Crippen LogP contribution < -0.4 is 35.4 Å². The topological polar surface area (TPSA) is 146 Å². The van der Waals surface area contributed by atoms with Gasteiger partial charge < -0.3 is 29.4 Å². The summed E-state index contributed by atoms with van der Waals surface area (Å²) >= 11 is 11.4. The molecule has 0 saturated carbocycles. The van der Waals surface area contributed by atoms with E-state index in [9.17, 15) is 24.8 Å². The molecule has 1 amide bonds. The Balaban J connectivity index is 1.31. The first-order chi connectivity index (χ1) is 27.0. The average Bonchev–Trinajstić information content (AvgIpc) is 3.22. The SMILES string of the molecule is COc1cccc([P+](CCCCCCCCCC(=O)OC[C@H](NC(=O)C(Cl)Cl)[C@H](O)c2ccc([N+](=O)[O-])cc2)(c2cccc(OC)c2)c2cccc(OC)c2)c1. The van der Waals surface area contributed by atoms with Gasteiger partial charge in [0.25, 0.3) is 11.6 Å². The molecule has 0 aliphatic rings. The van der Waals surface area contributed by atoms with Gasteiger partial charge in [-0.3, -0.25) is 19.7 Å². The summed E-state index contributed by atoms with van der Waals surface area (Å²) in [5.41, 5.74) is 0.127. The van der Waals surface area contributed by atoms with Crippen LogP contribution in [0.15, 0.2) is 97.1 Å². The van der Waals surface area contributed by atoms with Gasteiger partial charge in [0.2, 0.25) is 0 Å². The maximum Gasteiger partial charge on any atom is 0.305 e. The van der Waals surface area contributed by atoms with Gasteiger partial charge in [-0.1, -0.05) is 67.1 Å². The molecule has 0 fully saturated rings. The first-order valence-electron chi connectivity index (χ1n) is 18.5. The molecule has 0 radical (unpaired) electrons. The highest BCUT2D eigenvalue weighted by atomic mass is 35.5. The minimum absolute atomic E-state index is 0.156. The summed E-state index contributed by atoms with van der Waals surface area (Å²) in [6.45, 7) is -0.339. The van der Waals surface area contributed by atoms with Crippen LogP contribution in [-0.2, 0) is 14.3 Å². The van der Waals surface area contributed by atoms with Crippen molar-refractivity contribution >= 4 is 63.9 Å². The Labute approximate surface area is 339 Å². The number of unbranched alkanes of at least 4 members (excludes halogenated alkanes) is 6. The van der Waals surface area contributed by atoms with Crippen molar-refractivity contribution in [2.45, 2.75) is 68.3 Å². The summed E-state index contributed by atoms with van der Waals surface area (Å²) in [5, 5.41) is 28.1. The highest BCUT2D eigenvalue weighted by Crippen LogP contribution is 2.57. The van der Waals surface area contributed by atoms with Gasteiger partial charge >= 0.3 is 5.97 Å². The highest BCUT2D eigenvalue weighted by molar-refractivity contribution is 7.95. The van der Waals surface area contributed by atoms with E-state index in [4.69, 9.17) is 42.1 Å². The number of esters is 1. The van der Waals surface area contributed by atoms with Crippen molar-refractivity contribution in [2.24, 2.45) is 0 Å². The third-order valence-corrected chi connectivity index (χ3v) is 14.5. The summed E-state index contributed by atoms with van der Waals surface area (Å²) in [6, 6.07) is 29.3. The zero-order valence-corrected chi connectivity index (χ0v) is 34.3. The number of benzene rings is 4. The largest absolute Gasteiger partial charge is 0.497 e. The molecule has 0 heterocycles. The Morgan fingerprint density at radius 3 is 1.64 bits per heavy atom. The summed E-state index contributed by atoms with van der Waals surface area (Å²) in [6.07, 6.45) is 6.32. The lowest BCUT2D eigenvalue weighted by molar-refractivity contribution is -0.384. The van der Waals surface area contributed by atoms with E-state index in [-0.39, 0.29) is 24.3 Å². The summed E-state index contributed by atoms with van der Waals surface area (Å²) in [5.74, 6) is 1.18. The van der Waals surface area contributed by atoms with Gasteiger partial charge in [-0.05, 0) is 73.4 Å². The number of nitrogens with one attached hydrogen (secondary N) is 1. The van der Waals surface area contributed by atoms with Gasteiger partial charge in [0.1, 0.15) is 53.1 Å². The molecule has 2 N–H and O–H groups in total. The van der Waals surface area contributed by atoms with E-state index in [1.54, 1.807) is 21.3 Å². The van der Waals surface area contributed by atoms with Crippen LogP contribution in [-0.4, -0.2) is 66.9 Å². The van der Waals surface area contributed by atoms with Crippen LogP contribution in [0.25, 0.3) is 0 Å². The minimum Gasteiger partial charge on any atom is -0.497 e. The Morgan fingerprint density at radius 2 is 1.20 bits per heavy atom. The molecule has 0 unspecified atom stereocenters. The number of alkyl halides is 2. The van der Waals surface area contributed by atoms with E-state index < -0.39 is 41.0 Å². The summed E-state index contributed by atoms with van der Waals surface area (Å²) in [4.78, 5) is 33.9. The van der Waals surface area contributed by atoms with E-state index >= 15 is 0 Å². The Bertz CT molecular complexity index is 1760. The lowest BCUT2D eigenvalue weighted by atomic mass is 10.0. The number of rotatable bonds is 23. The first-order valence-corrected chi connectivity index (χ1v) is 21.4. The van der Waals surface area contributed by atoms with Crippen LogP contribution >= 0.6 is 30.5 Å². The Hall–Kier alpha value is -4.41. The number of hydrogen-bond donors (Lipinski definition) is 2. The second-order valence-electron chi connectivity index (χ2n) is 13.3. The number of halogens is 2. The molecule has 56 heavy (non-hydrogen) atoms. The van der Waals surface area contributed by atoms with E-state index in [0.29, 0.717) is 6.42 Å². The second kappa shape index (κ2) is 22.4. The van der Waals surface area contributed by atoms with Gasteiger partial charge in [0.05, 0.1) is 38.5 Å². The van der Waals surface area contributed by atoms with Crippen molar-refractivity contribution in [2.75, 3.05) is 34.1 Å². The fourth-order valence-electron chi connectivity index (χ4n) is 6.62. The van der Waals surface area contributed by atoms with Crippen LogP contribution in [0, 0.1) is 10.1 Å². The molecule has 4 aromatic rings. The smallest absolute Gasteiger partial charge is 0.305 e. The number of ether oxygens (including phenoxy) is 4. The van der Waals surface area contributed by atoms with Crippen molar-refractivity contribution in [3.8, 4) is 17.2 Å². The number of nitro groups is 1. The van der Waals surface area contributed by atoms with Crippen molar-refractivity contribution < 1.29 is 38.6 Å². The first kappa shape index (κ1) is 44.3. The number of nitro benzene ring substituents is 1. The van der Waals surface area contributed by atoms with Crippen LogP contribution in [0.1, 0.15) is 63.0 Å². The quantitative estimate of drug-likeness (QED) is 0.0193. The Kier molecular flexibility index (Phi) is 17.7. The van der Waals surface area contributed by atoms with Crippen molar-refractivity contribution in [3.63, 3.8) is 0 Å². The van der Waals surface area contributed by atoms with E-state index in [0.717, 1.165) is 61.9 Å². The minimum atomic E-state index is -2.18. The summed E-state index contributed by atoms with van der Waals surface area (Å²) in [7, 11) is 2.89. The third-order valence-electron chi connectivity index (χ3n) is 9.63. The van der Waals surface area contributed by atoms with Gasteiger partial charge in [0.15, 0.2) is 4.84 Å². The van der Waals surface area contributed by atoms with Crippen molar-refractivity contribution in [1.82, 2.24) is 5.32 Å². The standard InChI is InChI=1S/C42H49Cl2N2O9P/c1-52-32-14-11-17-35(26-32)56(36-18-12-15-33(27-36)53-2,37-19-13-16-34(28-37)54-3)25-10-8-6-4-5-7-9-20-39(47)55-29-38(45-42(49)41(43)44)40(48)30-21-23-31(24-22-30)46(50)51/h11-19,21-24,26-28,38,40-41,48H,4-10,20,25,29H2,1-3H3/p+1/t38-,40+/m0/s1. The molecule has 0 bridgehead atoms. The molecule has 4 rings (SSSR count). The van der Waals surface area contributed by atoms with Gasteiger partial charge in [-0.15, -0.1) is 0 Å². The average molecular weight is 829 g/mol. The number of aliphatic hydroxyl groups is 1. The summed E-state index contributed by atoms with van der Waals surface area (Å²) < 4.78 is 22.5. The molecule has 0 spiro atoms. The molecule has 0 aliphatic heterocycles. The number of non-ortho nitro benzene ring substituents is 1. The Morgan fingerprint density at radius 1 is 0.732 bits per heavy atom. The maximum atomic E-state index is 12.6. The second-order valence-corrected chi connectivity index (χ2v) is 18.0. The lowest BCUT2D eigenvalue weighted by Crippen LogP contribution is -2.45. The molecule has 2 atom stereocenters. The van der Waals surface area contributed by atoms with Crippen LogP contribution in [0.3, 0.4) is 0 Å². The molecule has 0 aliphatic carbocycles. The van der Waals surface area contributed by atoms with Gasteiger partial charge in [0, 0.05) is 36.8 Å². The van der Waals surface area contributed by atoms with Crippen molar-refractivity contribution in [1.29, 1.82) is 0 Å². The molecule has 14 heteroatoms. The number of methoxy groups -OCH3 is 3. The molecule has 0 aromatic heterocycles. The monoisotopic (exact) mass is 827 g/mol. The van der Waals surface area contributed by atoms with Crippen LogP contribution in [0.4, 0.5) is 5.69 Å². The molecule has 0 saturated heterocycles. The number of carbonyl (C=O) groups is 2. The maximum absolute atomic E-state index is 12.6. The number of aliphatic hydroxyl groups excluding tert-OH is 1. The van der Waals surface area contributed by atoms with Crippen LogP contribution in [0.5, 0.6) is 17.2 Å². The van der Waals surface area contributed by atoms with E-state index in [1.165, 1.54) is 40.2 Å². The van der Waals surface area contributed by atoms with E-state index in [2.05, 4.69) is 59.9 Å². The molecular formula is C42H50Cl2N2O9P+. The molecule has 11 nitrogen and oxygen atoms in total. The normalized spacial score (nSPS) is 12.4. The predicted octanol–water partition coefficient (Wildman–Crippen LogP) is 7.60. The van der Waals surface area contributed by atoms with Crippen molar-refractivity contribution in [3.05, 3.63) is 113 Å². The van der Waals surface area contributed by atoms with Crippen LogP contribution in [0.2, 0.25) is 0 Å². The highest BCUT2D eigenvalue weighted by Gasteiger charge is 2.45. The van der Waals surface area contributed by atoms with Gasteiger partial charge in [-0.25, -0.2) is 0 Å². The lowest BCUT2D eigenvalue weighted by Gasteiger charge is -2.28. The zero-order chi connectivity index (χ0) is 40.5. The number of nitrogens with zero attached hydrogens (tertiary/aromatic N) is 1. The van der Waals surface area contributed by atoms with Gasteiger partial charge in [-0.2, -0.15) is 0 Å². The number of carbonyl (C=O) groups excluding carboxylic acids is 2.